The van der Waals surface area contributed by atoms with Crippen LogP contribution in [0.15, 0.2) is 78.9 Å². The van der Waals surface area contributed by atoms with Gasteiger partial charge < -0.3 is 21.5 Å². The van der Waals surface area contributed by atoms with Gasteiger partial charge in [-0.1, -0.05) is 48.5 Å². The summed E-state index contributed by atoms with van der Waals surface area (Å²) in [7, 11) is 0. The summed E-state index contributed by atoms with van der Waals surface area (Å²) in [6.07, 6.45) is 2.99. The molecule has 0 aromatic heterocycles. The van der Waals surface area contributed by atoms with Gasteiger partial charge in [0.05, 0.1) is 23.5 Å². The fraction of sp³-hybridized carbons (Fsp3) is 0.120. The molecule has 2 unspecified atom stereocenters. The van der Waals surface area contributed by atoms with Crippen LogP contribution in [0.5, 0.6) is 0 Å². The van der Waals surface area contributed by atoms with E-state index in [-0.39, 0.29) is 11.8 Å². The Balaban J connectivity index is 1.37. The molecular formula is C25H23N3O3. The number of hydrogen-bond donors (Lipinski definition) is 4. The van der Waals surface area contributed by atoms with E-state index in [1.165, 1.54) is 6.08 Å². The summed E-state index contributed by atoms with van der Waals surface area (Å²) >= 11 is 0. The van der Waals surface area contributed by atoms with Crippen LogP contribution < -0.4 is 16.4 Å². The van der Waals surface area contributed by atoms with Crippen molar-refractivity contribution in [1.82, 2.24) is 5.32 Å². The van der Waals surface area contributed by atoms with E-state index >= 15 is 0 Å². The molecule has 2 atom stereocenters. The Kier molecular flexibility index (Phi) is 5.82. The van der Waals surface area contributed by atoms with Gasteiger partial charge in [-0.25, -0.2) is 0 Å². The molecule has 0 radical (unpaired) electrons. The summed E-state index contributed by atoms with van der Waals surface area (Å²) in [5.41, 5.74) is 10.2. The van der Waals surface area contributed by atoms with Crippen molar-refractivity contribution in [3.8, 4) is 0 Å². The van der Waals surface area contributed by atoms with E-state index in [2.05, 4.69) is 10.6 Å². The van der Waals surface area contributed by atoms with Crippen LogP contribution in [0.2, 0.25) is 0 Å². The third-order valence-corrected chi connectivity index (χ3v) is 5.31. The number of carbonyl (C=O) groups excluding carboxylic acids is 2. The predicted octanol–water partition coefficient (Wildman–Crippen LogP) is 3.31. The Labute approximate surface area is 180 Å². The molecule has 3 aromatic carbocycles. The van der Waals surface area contributed by atoms with E-state index in [0.717, 1.165) is 16.7 Å². The maximum Gasteiger partial charge on any atom is 0.255 e. The first-order valence-electron chi connectivity index (χ1n) is 10.0. The molecule has 0 aliphatic heterocycles. The number of nitrogen functional groups attached to an aromatic ring is 1. The minimum absolute atomic E-state index is 0.264. The summed E-state index contributed by atoms with van der Waals surface area (Å²) in [5.74, 6) is -0.554. The number of carbonyl (C=O) groups is 2. The first kappa shape index (κ1) is 20.4. The highest BCUT2D eigenvalue weighted by Crippen LogP contribution is 2.31. The van der Waals surface area contributed by atoms with Gasteiger partial charge in [-0.15, -0.1) is 0 Å². The van der Waals surface area contributed by atoms with Gasteiger partial charge in [-0.2, -0.15) is 0 Å². The zero-order valence-electron chi connectivity index (χ0n) is 16.8. The molecule has 2 amide bonds. The maximum atomic E-state index is 12.4. The monoisotopic (exact) mass is 413 g/mol. The van der Waals surface area contributed by atoms with Crippen molar-refractivity contribution in [1.29, 1.82) is 0 Å². The normalized spacial score (nSPS) is 17.3. The highest BCUT2D eigenvalue weighted by Gasteiger charge is 2.31. The Morgan fingerprint density at radius 1 is 0.968 bits per heavy atom. The van der Waals surface area contributed by atoms with Gasteiger partial charge in [0.25, 0.3) is 5.91 Å². The lowest BCUT2D eigenvalue weighted by Gasteiger charge is -2.16. The first-order chi connectivity index (χ1) is 15.0. The molecule has 0 saturated carbocycles. The molecule has 156 valence electrons. The Morgan fingerprint density at radius 2 is 1.68 bits per heavy atom. The van der Waals surface area contributed by atoms with E-state index in [1.54, 1.807) is 54.6 Å². The fourth-order valence-corrected chi connectivity index (χ4v) is 3.67. The molecule has 0 bridgehead atoms. The standard InChI is InChI=1S/C25H23N3O3/c26-20-7-3-4-8-21(20)27-25(31)17-12-9-16(10-13-17)11-14-23(30)28-24-19-6-2-1-5-18(19)15-22(24)29/h1-14,22,24,29H,15,26H2,(H,27,31)(H,28,30). The molecule has 1 aliphatic rings. The number of nitrogens with two attached hydrogens (primary N) is 1. The van der Waals surface area contributed by atoms with Gasteiger partial charge in [0.2, 0.25) is 5.91 Å². The number of amides is 2. The van der Waals surface area contributed by atoms with E-state index in [1.807, 2.05) is 24.3 Å². The molecule has 31 heavy (non-hydrogen) atoms. The SMILES string of the molecule is Nc1ccccc1NC(=O)c1ccc(C=CC(=O)NC2c3ccccc3CC2O)cc1. The Bertz CT molecular complexity index is 1140. The Hall–Kier alpha value is -3.90. The predicted molar refractivity (Wildman–Crippen MR) is 121 cm³/mol. The van der Waals surface area contributed by atoms with Crippen molar-refractivity contribution >= 4 is 29.3 Å². The second-order valence-corrected chi connectivity index (χ2v) is 7.45. The van der Waals surface area contributed by atoms with E-state index < -0.39 is 12.1 Å². The van der Waals surface area contributed by atoms with Gasteiger partial charge in [-0.3, -0.25) is 9.59 Å². The molecule has 6 nitrogen and oxygen atoms in total. The van der Waals surface area contributed by atoms with Gasteiger partial charge in [-0.05, 0) is 47.0 Å². The first-order valence-corrected chi connectivity index (χ1v) is 10.0. The van der Waals surface area contributed by atoms with E-state index in [4.69, 9.17) is 5.73 Å². The quantitative estimate of drug-likeness (QED) is 0.380. The minimum atomic E-state index is -0.633. The number of anilines is 2. The van der Waals surface area contributed by atoms with Crippen molar-refractivity contribution in [2.24, 2.45) is 0 Å². The third kappa shape index (κ3) is 4.65. The molecule has 1 aliphatic carbocycles. The van der Waals surface area contributed by atoms with Crippen LogP contribution >= 0.6 is 0 Å². The van der Waals surface area contributed by atoms with Crippen LogP contribution in [-0.2, 0) is 11.2 Å². The Morgan fingerprint density at radius 3 is 2.45 bits per heavy atom. The molecule has 0 saturated heterocycles. The summed E-state index contributed by atoms with van der Waals surface area (Å²) in [6.45, 7) is 0. The molecular weight excluding hydrogens is 390 g/mol. The number of para-hydroxylation sites is 2. The maximum absolute atomic E-state index is 12.4. The van der Waals surface area contributed by atoms with Crippen molar-refractivity contribution < 1.29 is 14.7 Å². The molecule has 4 rings (SSSR count). The van der Waals surface area contributed by atoms with Gasteiger partial charge in [0.1, 0.15) is 0 Å². The van der Waals surface area contributed by atoms with Gasteiger partial charge >= 0.3 is 0 Å². The lowest BCUT2D eigenvalue weighted by molar-refractivity contribution is -0.117. The van der Waals surface area contributed by atoms with Crippen molar-refractivity contribution in [3.05, 3.63) is 101 Å². The van der Waals surface area contributed by atoms with Crippen molar-refractivity contribution in [2.45, 2.75) is 18.6 Å². The summed E-state index contributed by atoms with van der Waals surface area (Å²) in [5, 5.41) is 15.9. The lowest BCUT2D eigenvalue weighted by Crippen LogP contribution is -2.32. The highest BCUT2D eigenvalue weighted by atomic mass is 16.3. The second kappa shape index (κ2) is 8.85. The van der Waals surface area contributed by atoms with Crippen LogP contribution in [0.25, 0.3) is 6.08 Å². The van der Waals surface area contributed by atoms with Crippen molar-refractivity contribution in [3.63, 3.8) is 0 Å². The number of rotatable bonds is 5. The number of nitrogens with one attached hydrogen (secondary N) is 2. The van der Waals surface area contributed by atoms with Crippen LogP contribution in [-0.4, -0.2) is 23.0 Å². The van der Waals surface area contributed by atoms with Crippen molar-refractivity contribution in [2.75, 3.05) is 11.1 Å². The summed E-state index contributed by atoms with van der Waals surface area (Å²) < 4.78 is 0. The van der Waals surface area contributed by atoms with Gasteiger partial charge in [0, 0.05) is 18.1 Å². The molecule has 3 aromatic rings. The lowest BCUT2D eigenvalue weighted by atomic mass is 10.1. The molecule has 0 fully saturated rings. The smallest absolute Gasteiger partial charge is 0.255 e. The third-order valence-electron chi connectivity index (χ3n) is 5.31. The number of fused-ring (bicyclic) bond motifs is 1. The zero-order valence-corrected chi connectivity index (χ0v) is 16.8. The average molecular weight is 413 g/mol. The van der Waals surface area contributed by atoms with E-state index in [0.29, 0.717) is 23.4 Å². The van der Waals surface area contributed by atoms with Gasteiger partial charge in [0.15, 0.2) is 0 Å². The zero-order chi connectivity index (χ0) is 21.8. The van der Waals surface area contributed by atoms with Crippen LogP contribution in [0.1, 0.15) is 33.1 Å². The van der Waals surface area contributed by atoms with Crippen LogP contribution in [0, 0.1) is 0 Å². The van der Waals surface area contributed by atoms with Crippen LogP contribution in [0.4, 0.5) is 11.4 Å². The minimum Gasteiger partial charge on any atom is -0.397 e. The average Bonchev–Trinajstić information content (AvgIpc) is 3.09. The highest BCUT2D eigenvalue weighted by molar-refractivity contribution is 6.05. The number of aliphatic hydroxyl groups excluding tert-OH is 1. The molecule has 6 heteroatoms. The molecule has 5 N–H and O–H groups in total. The summed E-state index contributed by atoms with van der Waals surface area (Å²) in [6, 6.07) is 21.2. The number of benzene rings is 3. The van der Waals surface area contributed by atoms with Crippen LogP contribution in [0.3, 0.4) is 0 Å². The number of hydrogen-bond acceptors (Lipinski definition) is 4. The largest absolute Gasteiger partial charge is 0.397 e. The summed E-state index contributed by atoms with van der Waals surface area (Å²) in [4.78, 5) is 24.7. The molecule has 0 heterocycles. The second-order valence-electron chi connectivity index (χ2n) is 7.45. The molecule has 0 spiro atoms. The topological polar surface area (TPSA) is 104 Å². The fourth-order valence-electron chi connectivity index (χ4n) is 3.67. The number of aliphatic hydroxyl groups is 1. The van der Waals surface area contributed by atoms with E-state index in [9.17, 15) is 14.7 Å².